The highest BCUT2D eigenvalue weighted by Crippen LogP contribution is 2.61. The first-order valence-electron chi connectivity index (χ1n) is 12.2. The molecule has 0 aliphatic heterocycles. The standard InChI is InChI=1S/C28H34O9/c1-13(2)19-10-20-21(24(36-16(5)31)23(19)35-15(4)30)28(9)12-18(34-14(3)29)11-27(7,8)26(28)25(22(20)33)37-17(6)32/h10,13,18H,11-12H2,1-9H3/t18-,28+/m0/s1. The highest BCUT2D eigenvalue weighted by Gasteiger charge is 2.56. The Kier molecular flexibility index (Phi) is 7.41. The van der Waals surface area contributed by atoms with Gasteiger partial charge >= 0.3 is 23.9 Å². The van der Waals surface area contributed by atoms with Gasteiger partial charge in [-0.15, -0.1) is 0 Å². The van der Waals surface area contributed by atoms with Gasteiger partial charge in [0.1, 0.15) is 6.10 Å². The first kappa shape index (κ1) is 28.1. The molecule has 0 amide bonds. The Morgan fingerprint density at radius 2 is 1.38 bits per heavy atom. The quantitative estimate of drug-likeness (QED) is 0.407. The number of ether oxygens (including phenoxy) is 4. The zero-order chi connectivity index (χ0) is 28.0. The second kappa shape index (κ2) is 9.76. The fraction of sp³-hybridized carbons (Fsp3) is 0.536. The van der Waals surface area contributed by atoms with E-state index in [0.29, 0.717) is 23.1 Å². The maximum Gasteiger partial charge on any atom is 0.308 e. The van der Waals surface area contributed by atoms with Crippen molar-refractivity contribution in [1.82, 2.24) is 0 Å². The van der Waals surface area contributed by atoms with Crippen molar-refractivity contribution >= 4 is 29.7 Å². The van der Waals surface area contributed by atoms with Crippen LogP contribution in [0.5, 0.6) is 11.5 Å². The lowest BCUT2D eigenvalue weighted by atomic mass is 9.53. The van der Waals surface area contributed by atoms with Crippen molar-refractivity contribution in [2.75, 3.05) is 0 Å². The first-order valence-corrected chi connectivity index (χ1v) is 12.2. The van der Waals surface area contributed by atoms with Gasteiger partial charge < -0.3 is 18.9 Å². The van der Waals surface area contributed by atoms with E-state index in [1.807, 2.05) is 34.6 Å². The number of allylic oxidation sites excluding steroid dienone is 2. The number of rotatable bonds is 5. The molecule has 2 atom stereocenters. The third-order valence-corrected chi connectivity index (χ3v) is 6.79. The molecule has 0 aromatic heterocycles. The smallest absolute Gasteiger partial charge is 0.308 e. The third-order valence-electron chi connectivity index (χ3n) is 6.79. The van der Waals surface area contributed by atoms with Crippen molar-refractivity contribution in [3.8, 4) is 11.5 Å². The molecule has 0 saturated heterocycles. The topological polar surface area (TPSA) is 122 Å². The molecule has 1 fully saturated rings. The average Bonchev–Trinajstić information content (AvgIpc) is 2.69. The van der Waals surface area contributed by atoms with Gasteiger partial charge in [-0.1, -0.05) is 34.6 Å². The SMILES string of the molecule is CC(=O)OC1=C2C(C)(C)C[C@H](OC(C)=O)C[C@]2(C)c2c(cc(C(C)C)c(OC(C)=O)c2OC(C)=O)C1=O. The lowest BCUT2D eigenvalue weighted by Gasteiger charge is -2.51. The summed E-state index contributed by atoms with van der Waals surface area (Å²) in [6, 6.07) is 1.60. The lowest BCUT2D eigenvalue weighted by molar-refractivity contribution is -0.149. The number of benzene rings is 1. The fourth-order valence-electron chi connectivity index (χ4n) is 5.93. The summed E-state index contributed by atoms with van der Waals surface area (Å²) >= 11 is 0. The molecule has 1 aromatic rings. The number of Topliss-reactive ketones (excluding diaryl/α,β-unsaturated/α-hetero) is 1. The summed E-state index contributed by atoms with van der Waals surface area (Å²) in [6.07, 6.45) is 0.0350. The van der Waals surface area contributed by atoms with Crippen molar-refractivity contribution in [1.29, 1.82) is 0 Å². The molecule has 0 heterocycles. The van der Waals surface area contributed by atoms with E-state index < -0.39 is 46.6 Å². The maximum absolute atomic E-state index is 14.0. The first-order chi connectivity index (χ1) is 17.0. The van der Waals surface area contributed by atoms with Crippen molar-refractivity contribution in [3.05, 3.63) is 34.1 Å². The minimum Gasteiger partial charge on any atom is -0.462 e. The van der Waals surface area contributed by atoms with E-state index >= 15 is 0 Å². The summed E-state index contributed by atoms with van der Waals surface area (Å²) in [6.45, 7) is 14.3. The van der Waals surface area contributed by atoms with E-state index in [9.17, 15) is 24.0 Å². The summed E-state index contributed by atoms with van der Waals surface area (Å²) in [4.78, 5) is 62.4. The molecule has 3 rings (SSSR count). The van der Waals surface area contributed by atoms with Gasteiger partial charge in [-0.3, -0.25) is 24.0 Å². The molecule has 0 spiro atoms. The number of carbonyl (C=O) groups is 5. The third kappa shape index (κ3) is 5.17. The van der Waals surface area contributed by atoms with E-state index in [0.717, 1.165) is 0 Å². The Morgan fingerprint density at radius 3 is 1.86 bits per heavy atom. The Hall–Kier alpha value is -3.49. The van der Waals surface area contributed by atoms with Crippen LogP contribution in [0.25, 0.3) is 0 Å². The van der Waals surface area contributed by atoms with Crippen molar-refractivity contribution in [2.24, 2.45) is 5.41 Å². The molecule has 0 N–H and O–H groups in total. The number of hydrogen-bond donors (Lipinski definition) is 0. The van der Waals surface area contributed by atoms with E-state index in [1.165, 1.54) is 27.7 Å². The van der Waals surface area contributed by atoms with Gasteiger partial charge in [0.25, 0.3) is 0 Å². The highest BCUT2D eigenvalue weighted by molar-refractivity contribution is 6.13. The van der Waals surface area contributed by atoms with Crippen LogP contribution in [0.3, 0.4) is 0 Å². The Bertz CT molecular complexity index is 1230. The predicted octanol–water partition coefficient (Wildman–Crippen LogP) is 4.68. The van der Waals surface area contributed by atoms with Crippen LogP contribution in [-0.2, 0) is 34.1 Å². The number of ketones is 1. The van der Waals surface area contributed by atoms with Gasteiger partial charge in [0, 0.05) is 49.8 Å². The van der Waals surface area contributed by atoms with Crippen molar-refractivity contribution in [3.63, 3.8) is 0 Å². The number of carbonyl (C=O) groups excluding carboxylic acids is 5. The van der Waals surface area contributed by atoms with Crippen LogP contribution in [-0.4, -0.2) is 35.8 Å². The second-order valence-corrected chi connectivity index (χ2v) is 10.9. The molecule has 0 bridgehead atoms. The van der Waals surface area contributed by atoms with Gasteiger partial charge in [0.05, 0.1) is 0 Å². The maximum atomic E-state index is 14.0. The molecule has 2 aliphatic rings. The molecule has 2 aliphatic carbocycles. The molecule has 9 nitrogen and oxygen atoms in total. The minimum atomic E-state index is -1.09. The lowest BCUT2D eigenvalue weighted by Crippen LogP contribution is -2.49. The van der Waals surface area contributed by atoms with Gasteiger partial charge in [-0.05, 0) is 35.8 Å². The van der Waals surface area contributed by atoms with Gasteiger partial charge in [0.2, 0.25) is 5.78 Å². The zero-order valence-electron chi connectivity index (χ0n) is 22.8. The molecule has 0 unspecified atom stereocenters. The molecular weight excluding hydrogens is 480 g/mol. The van der Waals surface area contributed by atoms with Crippen molar-refractivity contribution in [2.45, 2.75) is 92.6 Å². The van der Waals surface area contributed by atoms with Crippen LogP contribution in [0.2, 0.25) is 0 Å². The Balaban J connectivity index is 2.52. The van der Waals surface area contributed by atoms with Crippen LogP contribution in [0.4, 0.5) is 0 Å². The van der Waals surface area contributed by atoms with Gasteiger partial charge in [0.15, 0.2) is 17.3 Å². The van der Waals surface area contributed by atoms with Crippen LogP contribution in [0.15, 0.2) is 17.4 Å². The fourth-order valence-corrected chi connectivity index (χ4v) is 5.93. The molecule has 200 valence electrons. The molecule has 1 aromatic carbocycles. The van der Waals surface area contributed by atoms with Crippen molar-refractivity contribution < 1.29 is 42.9 Å². The van der Waals surface area contributed by atoms with Crippen LogP contribution in [0.1, 0.15) is 103 Å². The Labute approximate surface area is 216 Å². The summed E-state index contributed by atoms with van der Waals surface area (Å²) in [7, 11) is 0. The number of fused-ring (bicyclic) bond motifs is 3. The summed E-state index contributed by atoms with van der Waals surface area (Å²) in [5, 5.41) is 0. The second-order valence-electron chi connectivity index (χ2n) is 10.9. The molecule has 9 heteroatoms. The molecule has 0 radical (unpaired) electrons. The normalized spacial score (nSPS) is 22.1. The highest BCUT2D eigenvalue weighted by atomic mass is 16.6. The Morgan fingerprint density at radius 1 is 0.838 bits per heavy atom. The number of esters is 4. The van der Waals surface area contributed by atoms with Crippen LogP contribution < -0.4 is 9.47 Å². The van der Waals surface area contributed by atoms with Gasteiger partial charge in [-0.2, -0.15) is 0 Å². The van der Waals surface area contributed by atoms with Crippen LogP contribution >= 0.6 is 0 Å². The minimum absolute atomic E-state index is 0.0431. The summed E-state index contributed by atoms with van der Waals surface area (Å²) in [5.74, 6) is -3.25. The zero-order valence-corrected chi connectivity index (χ0v) is 22.8. The monoisotopic (exact) mass is 514 g/mol. The molecule has 37 heavy (non-hydrogen) atoms. The van der Waals surface area contributed by atoms with E-state index in [4.69, 9.17) is 18.9 Å². The van der Waals surface area contributed by atoms with E-state index in [1.54, 1.807) is 6.07 Å². The summed E-state index contributed by atoms with van der Waals surface area (Å²) < 4.78 is 22.5. The molecule has 1 saturated carbocycles. The molecular formula is C28H34O9. The van der Waals surface area contributed by atoms with E-state index in [-0.39, 0.29) is 35.2 Å². The largest absolute Gasteiger partial charge is 0.462 e. The van der Waals surface area contributed by atoms with Crippen LogP contribution in [0, 0.1) is 5.41 Å². The average molecular weight is 515 g/mol. The predicted molar refractivity (Wildman–Crippen MR) is 132 cm³/mol. The van der Waals surface area contributed by atoms with E-state index in [2.05, 4.69) is 0 Å². The summed E-state index contributed by atoms with van der Waals surface area (Å²) in [5.41, 5.74) is -0.376. The van der Waals surface area contributed by atoms with Gasteiger partial charge in [-0.25, -0.2) is 0 Å². The number of hydrogen-bond acceptors (Lipinski definition) is 9.